The molecule has 4 aromatic rings. The molecular weight excluding hydrogens is 494 g/mol. The van der Waals surface area contributed by atoms with Crippen molar-refractivity contribution in [1.82, 2.24) is 5.32 Å². The predicted molar refractivity (Wildman–Crippen MR) is 153 cm³/mol. The van der Waals surface area contributed by atoms with Crippen LogP contribution in [0.3, 0.4) is 0 Å². The molecule has 1 aliphatic heterocycles. The third kappa shape index (κ3) is 6.57. The number of esters is 1. The Labute approximate surface area is 228 Å². The maximum absolute atomic E-state index is 12.4. The van der Waals surface area contributed by atoms with E-state index in [4.69, 9.17) is 14.2 Å². The predicted octanol–water partition coefficient (Wildman–Crippen LogP) is 6.46. The van der Waals surface area contributed by atoms with Crippen molar-refractivity contribution in [3.05, 3.63) is 108 Å². The van der Waals surface area contributed by atoms with Gasteiger partial charge in [0, 0.05) is 17.4 Å². The first-order valence-electron chi connectivity index (χ1n) is 13.0. The summed E-state index contributed by atoms with van der Waals surface area (Å²) in [5, 5.41) is 5.97. The van der Waals surface area contributed by atoms with E-state index in [0.29, 0.717) is 24.7 Å². The fraction of sp³-hybridized carbons (Fsp3) is 0.281. The number of nitrogens with one attached hydrogen (secondary N) is 1. The molecule has 1 heterocycles. The lowest BCUT2D eigenvalue weighted by Crippen LogP contribution is -2.40. The summed E-state index contributed by atoms with van der Waals surface area (Å²) >= 11 is 1.53. The van der Waals surface area contributed by atoms with Crippen LogP contribution in [0.2, 0.25) is 0 Å². The molecule has 6 heteroatoms. The number of ether oxygens (including phenoxy) is 3. The molecule has 1 fully saturated rings. The summed E-state index contributed by atoms with van der Waals surface area (Å²) in [5.74, 6) is 0.759. The largest absolute Gasteiger partial charge is 0.490 e. The Morgan fingerprint density at radius 1 is 0.921 bits per heavy atom. The first-order valence-corrected chi connectivity index (χ1v) is 14.3. The maximum atomic E-state index is 12.4. The third-order valence-corrected chi connectivity index (χ3v) is 7.72. The standard InChI is InChI=1S/C32H33NO4S/c1-38-31-9-5-4-8-29(31)32(34)36-19-18-35-27-14-12-25(13-15-27)28-16-17-33-21-30(28)37-22-23-10-11-24-6-2-3-7-26(24)20-23/h2-15,20,28,30,33H,16-19,21-22H2,1H3. The highest BCUT2D eigenvalue weighted by molar-refractivity contribution is 7.98. The molecule has 38 heavy (non-hydrogen) atoms. The Morgan fingerprint density at radius 3 is 2.55 bits per heavy atom. The maximum Gasteiger partial charge on any atom is 0.339 e. The zero-order valence-corrected chi connectivity index (χ0v) is 22.4. The molecule has 1 aliphatic rings. The lowest BCUT2D eigenvalue weighted by molar-refractivity contribution is 0.0106. The summed E-state index contributed by atoms with van der Waals surface area (Å²) < 4.78 is 17.7. The monoisotopic (exact) mass is 527 g/mol. The van der Waals surface area contributed by atoms with E-state index < -0.39 is 0 Å². The van der Waals surface area contributed by atoms with Gasteiger partial charge >= 0.3 is 5.97 Å². The van der Waals surface area contributed by atoms with Crippen LogP contribution in [-0.4, -0.2) is 44.6 Å². The number of hydrogen-bond acceptors (Lipinski definition) is 6. The summed E-state index contributed by atoms with van der Waals surface area (Å²) in [4.78, 5) is 13.3. The van der Waals surface area contributed by atoms with Crippen molar-refractivity contribution in [1.29, 1.82) is 0 Å². The van der Waals surface area contributed by atoms with Gasteiger partial charge in [-0.15, -0.1) is 11.8 Å². The topological polar surface area (TPSA) is 56.8 Å². The van der Waals surface area contributed by atoms with Crippen LogP contribution in [-0.2, 0) is 16.1 Å². The average Bonchev–Trinajstić information content (AvgIpc) is 2.98. The Hall–Kier alpha value is -3.32. The quantitative estimate of drug-likeness (QED) is 0.145. The van der Waals surface area contributed by atoms with E-state index in [-0.39, 0.29) is 18.7 Å². The first-order chi connectivity index (χ1) is 18.7. The van der Waals surface area contributed by atoms with Crippen LogP contribution in [0.4, 0.5) is 0 Å². The molecule has 0 aromatic heterocycles. The Balaban J connectivity index is 1.12. The van der Waals surface area contributed by atoms with Crippen LogP contribution in [0, 0.1) is 0 Å². The number of fused-ring (bicyclic) bond motifs is 1. The normalized spacial score (nSPS) is 17.3. The Kier molecular flexibility index (Phi) is 8.97. The van der Waals surface area contributed by atoms with E-state index in [1.54, 1.807) is 6.07 Å². The number of rotatable bonds is 10. The number of benzene rings is 4. The highest BCUT2D eigenvalue weighted by Crippen LogP contribution is 2.30. The average molecular weight is 528 g/mol. The molecule has 0 spiro atoms. The van der Waals surface area contributed by atoms with E-state index in [9.17, 15) is 4.79 Å². The zero-order chi connectivity index (χ0) is 26.2. The minimum atomic E-state index is -0.325. The molecule has 5 nitrogen and oxygen atoms in total. The summed E-state index contributed by atoms with van der Waals surface area (Å²) in [6, 6.07) is 30.6. The molecule has 1 saturated heterocycles. The highest BCUT2D eigenvalue weighted by Gasteiger charge is 2.27. The van der Waals surface area contributed by atoms with E-state index >= 15 is 0 Å². The third-order valence-electron chi connectivity index (χ3n) is 6.92. The van der Waals surface area contributed by atoms with Crippen molar-refractivity contribution in [3.63, 3.8) is 0 Å². The second kappa shape index (κ2) is 13.0. The number of piperidine rings is 1. The van der Waals surface area contributed by atoms with Crippen molar-refractivity contribution < 1.29 is 19.0 Å². The van der Waals surface area contributed by atoms with Gasteiger partial charge in [-0.25, -0.2) is 4.79 Å². The second-order valence-corrected chi connectivity index (χ2v) is 10.2. The van der Waals surface area contributed by atoms with Crippen LogP contribution in [0.5, 0.6) is 5.75 Å². The Morgan fingerprint density at radius 2 is 1.71 bits per heavy atom. The summed E-state index contributed by atoms with van der Waals surface area (Å²) in [6.07, 6.45) is 3.07. The molecule has 2 unspecified atom stereocenters. The smallest absolute Gasteiger partial charge is 0.339 e. The Bertz CT molecular complexity index is 1360. The van der Waals surface area contributed by atoms with Crippen molar-refractivity contribution in [3.8, 4) is 5.75 Å². The SMILES string of the molecule is CSc1ccccc1C(=O)OCCOc1ccc(C2CCNCC2OCc2ccc3ccccc3c2)cc1. The summed E-state index contributed by atoms with van der Waals surface area (Å²) in [7, 11) is 0. The molecule has 5 rings (SSSR count). The van der Waals surface area contributed by atoms with E-state index in [2.05, 4.69) is 59.9 Å². The minimum absolute atomic E-state index is 0.102. The zero-order valence-electron chi connectivity index (χ0n) is 21.6. The van der Waals surface area contributed by atoms with Crippen molar-refractivity contribution in [2.75, 3.05) is 32.6 Å². The lowest BCUT2D eigenvalue weighted by Gasteiger charge is -2.32. The van der Waals surface area contributed by atoms with Gasteiger partial charge in [-0.2, -0.15) is 0 Å². The van der Waals surface area contributed by atoms with Gasteiger partial charge in [-0.1, -0.05) is 60.7 Å². The molecule has 0 radical (unpaired) electrons. The van der Waals surface area contributed by atoms with Gasteiger partial charge in [0.2, 0.25) is 0 Å². The van der Waals surface area contributed by atoms with Crippen LogP contribution in [0.15, 0.2) is 95.9 Å². The van der Waals surface area contributed by atoms with Crippen LogP contribution in [0.1, 0.15) is 33.8 Å². The second-order valence-electron chi connectivity index (χ2n) is 9.38. The van der Waals surface area contributed by atoms with Crippen LogP contribution in [0.25, 0.3) is 10.8 Å². The molecule has 0 aliphatic carbocycles. The first kappa shape index (κ1) is 26.3. The summed E-state index contributed by atoms with van der Waals surface area (Å²) in [5.41, 5.74) is 3.03. The molecule has 1 N–H and O–H groups in total. The van der Waals surface area contributed by atoms with Gasteiger partial charge in [0.05, 0.1) is 18.3 Å². The molecule has 0 bridgehead atoms. The number of thioether (sulfide) groups is 1. The molecule has 0 saturated carbocycles. The number of carbonyl (C=O) groups excluding carboxylic acids is 1. The van der Waals surface area contributed by atoms with Crippen molar-refractivity contribution in [2.24, 2.45) is 0 Å². The van der Waals surface area contributed by atoms with E-state index in [0.717, 1.165) is 30.2 Å². The molecule has 0 amide bonds. The molecule has 196 valence electrons. The fourth-order valence-corrected chi connectivity index (χ4v) is 5.50. The number of hydrogen-bond donors (Lipinski definition) is 1. The number of carbonyl (C=O) groups is 1. The van der Waals surface area contributed by atoms with Gasteiger partial charge in [-0.3, -0.25) is 0 Å². The highest BCUT2D eigenvalue weighted by atomic mass is 32.2. The van der Waals surface area contributed by atoms with Crippen molar-refractivity contribution in [2.45, 2.75) is 29.9 Å². The van der Waals surface area contributed by atoms with Gasteiger partial charge in [-0.05, 0) is 71.5 Å². The van der Waals surface area contributed by atoms with Crippen LogP contribution >= 0.6 is 11.8 Å². The lowest BCUT2D eigenvalue weighted by atomic mass is 9.87. The van der Waals surface area contributed by atoms with E-state index in [1.807, 2.05) is 36.6 Å². The van der Waals surface area contributed by atoms with E-state index in [1.165, 1.54) is 33.7 Å². The minimum Gasteiger partial charge on any atom is -0.490 e. The van der Waals surface area contributed by atoms with Crippen LogP contribution < -0.4 is 10.1 Å². The van der Waals surface area contributed by atoms with Gasteiger partial charge in [0.1, 0.15) is 19.0 Å². The molecule has 2 atom stereocenters. The fourth-order valence-electron chi connectivity index (χ4n) is 4.91. The molecular formula is C32H33NO4S. The van der Waals surface area contributed by atoms with Gasteiger partial charge < -0.3 is 19.5 Å². The van der Waals surface area contributed by atoms with Crippen molar-refractivity contribution >= 4 is 28.5 Å². The van der Waals surface area contributed by atoms with Gasteiger partial charge in [0.25, 0.3) is 0 Å². The van der Waals surface area contributed by atoms with Gasteiger partial charge in [0.15, 0.2) is 0 Å². The summed E-state index contributed by atoms with van der Waals surface area (Å²) in [6.45, 7) is 2.90. The molecule has 4 aromatic carbocycles.